The highest BCUT2D eigenvalue weighted by Gasteiger charge is 2.51. The molecule has 274 valence electrons. The van der Waals surface area contributed by atoms with Crippen LogP contribution in [0.25, 0.3) is 89.6 Å². The molecule has 1 spiro atoms. The van der Waals surface area contributed by atoms with Crippen molar-refractivity contribution >= 4 is 10.9 Å². The van der Waals surface area contributed by atoms with Crippen molar-refractivity contribution in [1.29, 1.82) is 0 Å². The van der Waals surface area contributed by atoms with Crippen LogP contribution in [0.15, 0.2) is 206 Å². The summed E-state index contributed by atoms with van der Waals surface area (Å²) < 4.78 is 0. The fourth-order valence-corrected chi connectivity index (χ4v) is 9.67. The van der Waals surface area contributed by atoms with Gasteiger partial charge in [0.2, 0.25) is 0 Å². The van der Waals surface area contributed by atoms with Gasteiger partial charge in [0.1, 0.15) is 0 Å². The molecule has 0 N–H and O–H groups in total. The second-order valence-corrected chi connectivity index (χ2v) is 15.3. The molecule has 0 fully saturated rings. The molecule has 0 radical (unpaired) electrons. The number of nitrogens with zero attached hydrogens (tertiary/aromatic N) is 4. The summed E-state index contributed by atoms with van der Waals surface area (Å²) in [6.07, 6.45) is 1.85. The van der Waals surface area contributed by atoms with Crippen LogP contribution in [0, 0.1) is 0 Å². The summed E-state index contributed by atoms with van der Waals surface area (Å²) in [5, 5.41) is 1.11. The van der Waals surface area contributed by atoms with Gasteiger partial charge in [-0.05, 0) is 73.3 Å². The summed E-state index contributed by atoms with van der Waals surface area (Å²) in [6.45, 7) is 0. The lowest BCUT2D eigenvalue weighted by Crippen LogP contribution is -2.25. The van der Waals surface area contributed by atoms with Crippen molar-refractivity contribution in [2.24, 2.45) is 0 Å². The van der Waals surface area contributed by atoms with Crippen molar-refractivity contribution < 1.29 is 0 Å². The molecular weight excluding hydrogens is 717 g/mol. The molecular formula is C55H34N4. The van der Waals surface area contributed by atoms with E-state index in [2.05, 4.69) is 176 Å². The van der Waals surface area contributed by atoms with Crippen LogP contribution in [0.5, 0.6) is 0 Å². The zero-order valence-electron chi connectivity index (χ0n) is 31.9. The molecule has 0 saturated carbocycles. The van der Waals surface area contributed by atoms with Crippen LogP contribution in [-0.4, -0.2) is 19.9 Å². The van der Waals surface area contributed by atoms with Gasteiger partial charge in [0.05, 0.1) is 10.9 Å². The van der Waals surface area contributed by atoms with Crippen LogP contribution < -0.4 is 0 Å². The fourth-order valence-electron chi connectivity index (χ4n) is 9.67. The van der Waals surface area contributed by atoms with Gasteiger partial charge in [-0.2, -0.15) is 0 Å². The number of hydrogen-bond acceptors (Lipinski definition) is 4. The molecule has 0 atom stereocenters. The standard InChI is InChI=1S/C55H34N4/c1-2-14-37(15-3-1)52-57-53(38-29-27-35(28-30-38)41-23-12-16-36-17-13-33-56-51(36)41)59-54(58-52)46-22-5-4-18-40(46)39-31-32-45-44-21-8-11-26-49(44)55(50(45)34-39)47-24-9-6-19-42(47)43-20-7-10-25-48(43)55/h1-34H. The van der Waals surface area contributed by atoms with Crippen molar-refractivity contribution in [3.05, 3.63) is 229 Å². The Labute approximate surface area is 342 Å². The van der Waals surface area contributed by atoms with E-state index in [0.717, 1.165) is 49.8 Å². The average Bonchev–Trinajstić information content (AvgIpc) is 3.79. The number of fused-ring (bicyclic) bond motifs is 11. The van der Waals surface area contributed by atoms with Gasteiger partial charge in [0, 0.05) is 33.8 Å². The Morgan fingerprint density at radius 2 is 0.763 bits per heavy atom. The van der Waals surface area contributed by atoms with Crippen molar-refractivity contribution in [1.82, 2.24) is 19.9 Å². The molecule has 8 aromatic carbocycles. The summed E-state index contributed by atoms with van der Waals surface area (Å²) in [4.78, 5) is 20.2. The second kappa shape index (κ2) is 13.1. The average molecular weight is 751 g/mol. The number of para-hydroxylation sites is 1. The number of hydrogen-bond donors (Lipinski definition) is 0. The van der Waals surface area contributed by atoms with Gasteiger partial charge < -0.3 is 0 Å². The molecule has 2 heterocycles. The molecule has 12 rings (SSSR count). The highest BCUT2D eigenvalue weighted by atomic mass is 15.0. The lowest BCUT2D eigenvalue weighted by Gasteiger charge is -2.30. The summed E-state index contributed by atoms with van der Waals surface area (Å²) in [5.41, 5.74) is 18.1. The normalized spacial score (nSPS) is 12.9. The van der Waals surface area contributed by atoms with Crippen LogP contribution in [0.3, 0.4) is 0 Å². The molecule has 4 heteroatoms. The Bertz CT molecular complexity index is 3210. The van der Waals surface area contributed by atoms with E-state index < -0.39 is 5.41 Å². The minimum absolute atomic E-state index is 0.431. The summed E-state index contributed by atoms with van der Waals surface area (Å²) in [5.74, 6) is 1.88. The molecule has 2 aromatic heterocycles. The van der Waals surface area contributed by atoms with E-state index in [9.17, 15) is 0 Å². The lowest BCUT2D eigenvalue weighted by molar-refractivity contribution is 0.794. The molecule has 0 unspecified atom stereocenters. The molecule has 2 aliphatic carbocycles. The second-order valence-electron chi connectivity index (χ2n) is 15.3. The van der Waals surface area contributed by atoms with Gasteiger partial charge in [0.25, 0.3) is 0 Å². The molecule has 0 bridgehead atoms. The molecule has 0 saturated heterocycles. The maximum Gasteiger partial charge on any atom is 0.164 e. The SMILES string of the molecule is c1ccc(-c2nc(-c3ccc(-c4cccc5cccnc45)cc3)nc(-c3ccccc3-c3ccc4c(c3)C3(c5ccccc5-c5ccccc53)c3ccccc3-4)n2)cc1. The van der Waals surface area contributed by atoms with Crippen molar-refractivity contribution in [3.63, 3.8) is 0 Å². The third kappa shape index (κ3) is 5.03. The van der Waals surface area contributed by atoms with Crippen molar-refractivity contribution in [2.45, 2.75) is 5.41 Å². The van der Waals surface area contributed by atoms with Crippen LogP contribution in [-0.2, 0) is 5.41 Å². The summed E-state index contributed by atoms with van der Waals surface area (Å²) in [6, 6.07) is 71.4. The topological polar surface area (TPSA) is 51.6 Å². The van der Waals surface area contributed by atoms with Crippen LogP contribution in [0.1, 0.15) is 22.3 Å². The van der Waals surface area contributed by atoms with Gasteiger partial charge in [-0.15, -0.1) is 0 Å². The molecule has 59 heavy (non-hydrogen) atoms. The summed E-state index contributed by atoms with van der Waals surface area (Å²) in [7, 11) is 0. The number of pyridine rings is 1. The fraction of sp³-hybridized carbons (Fsp3) is 0.0182. The van der Waals surface area contributed by atoms with E-state index in [-0.39, 0.29) is 0 Å². The Morgan fingerprint density at radius 1 is 0.288 bits per heavy atom. The van der Waals surface area contributed by atoms with E-state index in [4.69, 9.17) is 19.9 Å². The van der Waals surface area contributed by atoms with Crippen molar-refractivity contribution in [2.75, 3.05) is 0 Å². The molecule has 0 amide bonds. The smallest absolute Gasteiger partial charge is 0.164 e. The highest BCUT2D eigenvalue weighted by Crippen LogP contribution is 2.63. The Balaban J connectivity index is 1.02. The Kier molecular flexibility index (Phi) is 7.41. The van der Waals surface area contributed by atoms with Crippen LogP contribution >= 0.6 is 0 Å². The van der Waals surface area contributed by atoms with E-state index in [1.807, 2.05) is 30.5 Å². The highest BCUT2D eigenvalue weighted by molar-refractivity contribution is 5.97. The van der Waals surface area contributed by atoms with Gasteiger partial charge in [-0.3, -0.25) is 4.98 Å². The van der Waals surface area contributed by atoms with Gasteiger partial charge >= 0.3 is 0 Å². The third-order valence-corrected chi connectivity index (χ3v) is 12.2. The number of aromatic nitrogens is 4. The first-order valence-electron chi connectivity index (χ1n) is 20.1. The monoisotopic (exact) mass is 750 g/mol. The Morgan fingerprint density at radius 3 is 1.42 bits per heavy atom. The number of rotatable bonds is 5. The molecule has 10 aromatic rings. The van der Waals surface area contributed by atoms with Gasteiger partial charge in [0.15, 0.2) is 17.5 Å². The molecule has 0 aliphatic heterocycles. The minimum Gasteiger partial charge on any atom is -0.256 e. The minimum atomic E-state index is -0.431. The lowest BCUT2D eigenvalue weighted by atomic mass is 9.70. The van der Waals surface area contributed by atoms with E-state index >= 15 is 0 Å². The largest absolute Gasteiger partial charge is 0.256 e. The van der Waals surface area contributed by atoms with Crippen LogP contribution in [0.2, 0.25) is 0 Å². The number of benzene rings is 8. The van der Waals surface area contributed by atoms with Gasteiger partial charge in [-0.1, -0.05) is 188 Å². The summed E-state index contributed by atoms with van der Waals surface area (Å²) >= 11 is 0. The first-order chi connectivity index (χ1) is 29.3. The van der Waals surface area contributed by atoms with E-state index in [1.54, 1.807) is 0 Å². The van der Waals surface area contributed by atoms with E-state index in [0.29, 0.717) is 17.5 Å². The first-order valence-corrected chi connectivity index (χ1v) is 20.1. The van der Waals surface area contributed by atoms with Crippen LogP contribution in [0.4, 0.5) is 0 Å². The predicted molar refractivity (Wildman–Crippen MR) is 239 cm³/mol. The maximum absolute atomic E-state index is 5.24. The van der Waals surface area contributed by atoms with E-state index in [1.165, 1.54) is 44.5 Å². The maximum atomic E-state index is 5.24. The first kappa shape index (κ1) is 33.3. The van der Waals surface area contributed by atoms with Gasteiger partial charge in [-0.25, -0.2) is 15.0 Å². The zero-order chi connectivity index (χ0) is 38.9. The zero-order valence-corrected chi connectivity index (χ0v) is 31.9. The molecule has 4 nitrogen and oxygen atoms in total. The predicted octanol–water partition coefficient (Wildman–Crippen LogP) is 13.1. The molecule has 2 aliphatic rings. The Hall–Kier alpha value is -7.82. The quantitative estimate of drug-likeness (QED) is 0.176. The third-order valence-electron chi connectivity index (χ3n) is 12.2. The van der Waals surface area contributed by atoms with Crippen molar-refractivity contribution in [3.8, 4) is 78.7 Å².